The largest absolute Gasteiger partial charge is 0.369 e. The summed E-state index contributed by atoms with van der Waals surface area (Å²) in [6.07, 6.45) is 0. The van der Waals surface area contributed by atoms with E-state index in [1.807, 2.05) is 6.92 Å². The molecule has 2 aromatic rings. The Kier molecular flexibility index (Phi) is 4.99. The summed E-state index contributed by atoms with van der Waals surface area (Å²) in [4.78, 5) is 2.60. The third kappa shape index (κ3) is 3.50. The number of anilines is 1. The topological polar surface area (TPSA) is 40.6 Å². The first kappa shape index (κ1) is 17.5. The molecule has 0 amide bonds. The van der Waals surface area contributed by atoms with Crippen LogP contribution in [0, 0.1) is 13.8 Å². The molecule has 1 aliphatic heterocycles. The number of piperazine rings is 1. The van der Waals surface area contributed by atoms with Crippen molar-refractivity contribution in [1.82, 2.24) is 4.31 Å². The Morgan fingerprint density at radius 3 is 2.12 bits per heavy atom. The lowest BCUT2D eigenvalue weighted by Gasteiger charge is -2.35. The maximum atomic E-state index is 12.8. The van der Waals surface area contributed by atoms with Gasteiger partial charge < -0.3 is 4.90 Å². The molecule has 1 saturated heterocycles. The van der Waals surface area contributed by atoms with Gasteiger partial charge in [0.2, 0.25) is 10.0 Å². The van der Waals surface area contributed by atoms with Crippen molar-refractivity contribution in [2.45, 2.75) is 18.7 Å². The highest BCUT2D eigenvalue weighted by Crippen LogP contribution is 2.24. The van der Waals surface area contributed by atoms with E-state index in [9.17, 15) is 8.42 Å². The first-order valence-corrected chi connectivity index (χ1v) is 10.2. The third-order valence-corrected chi connectivity index (χ3v) is 7.19. The molecule has 1 fully saturated rings. The molecule has 4 nitrogen and oxygen atoms in total. The molecule has 0 atom stereocenters. The van der Waals surface area contributed by atoms with Crippen LogP contribution in [-0.2, 0) is 10.0 Å². The van der Waals surface area contributed by atoms with Gasteiger partial charge in [0.1, 0.15) is 0 Å². The van der Waals surface area contributed by atoms with Gasteiger partial charge in [-0.3, -0.25) is 0 Å². The Labute approximate surface area is 152 Å². The molecular formula is C18H21BrN2O2S. The normalized spacial score (nSPS) is 16.4. The fourth-order valence-corrected chi connectivity index (χ4v) is 4.62. The monoisotopic (exact) mass is 408 g/mol. The highest BCUT2D eigenvalue weighted by Gasteiger charge is 2.28. The first-order valence-electron chi connectivity index (χ1n) is 7.96. The van der Waals surface area contributed by atoms with E-state index >= 15 is 0 Å². The van der Waals surface area contributed by atoms with Crippen LogP contribution in [0.1, 0.15) is 11.1 Å². The standard InChI is InChI=1S/C18H21BrN2O2S/c1-14-3-5-16(6-4-14)20-9-11-21(12-10-20)24(22,23)17-7-8-18(19)15(2)13-17/h3-8,13H,9-12H2,1-2H3. The summed E-state index contributed by atoms with van der Waals surface area (Å²) in [5, 5.41) is 0. The summed E-state index contributed by atoms with van der Waals surface area (Å²) in [6.45, 7) is 6.39. The van der Waals surface area contributed by atoms with Crippen molar-refractivity contribution in [3.8, 4) is 0 Å². The molecule has 2 aromatic carbocycles. The van der Waals surface area contributed by atoms with E-state index in [2.05, 4.69) is 52.0 Å². The van der Waals surface area contributed by atoms with E-state index in [0.717, 1.165) is 15.7 Å². The van der Waals surface area contributed by atoms with Gasteiger partial charge in [-0.05, 0) is 49.7 Å². The van der Waals surface area contributed by atoms with E-state index < -0.39 is 10.0 Å². The van der Waals surface area contributed by atoms with Gasteiger partial charge in [0.25, 0.3) is 0 Å². The van der Waals surface area contributed by atoms with Gasteiger partial charge in [-0.25, -0.2) is 8.42 Å². The summed E-state index contributed by atoms with van der Waals surface area (Å²) in [6, 6.07) is 13.6. The van der Waals surface area contributed by atoms with Crippen molar-refractivity contribution in [2.24, 2.45) is 0 Å². The van der Waals surface area contributed by atoms with Crippen molar-refractivity contribution < 1.29 is 8.42 Å². The highest BCUT2D eigenvalue weighted by molar-refractivity contribution is 9.10. The molecule has 128 valence electrons. The molecule has 0 aromatic heterocycles. The van der Waals surface area contributed by atoms with Gasteiger partial charge in [0.05, 0.1) is 4.90 Å². The number of halogens is 1. The molecule has 0 N–H and O–H groups in total. The number of hydrogen-bond acceptors (Lipinski definition) is 3. The molecule has 0 radical (unpaired) electrons. The SMILES string of the molecule is Cc1ccc(N2CCN(S(=O)(=O)c3ccc(Br)c(C)c3)CC2)cc1. The average Bonchev–Trinajstić information content (AvgIpc) is 2.58. The van der Waals surface area contributed by atoms with E-state index in [1.54, 1.807) is 22.5 Å². The second-order valence-corrected chi connectivity index (χ2v) is 8.93. The lowest BCUT2D eigenvalue weighted by atomic mass is 10.2. The van der Waals surface area contributed by atoms with Crippen LogP contribution >= 0.6 is 15.9 Å². The van der Waals surface area contributed by atoms with Crippen LogP contribution in [0.4, 0.5) is 5.69 Å². The van der Waals surface area contributed by atoms with E-state index in [0.29, 0.717) is 31.1 Å². The summed E-state index contributed by atoms with van der Waals surface area (Å²) in [5.74, 6) is 0. The Balaban J connectivity index is 1.73. The Morgan fingerprint density at radius 1 is 0.917 bits per heavy atom. The quantitative estimate of drug-likeness (QED) is 0.778. The Bertz CT molecular complexity index is 827. The predicted molar refractivity (Wildman–Crippen MR) is 101 cm³/mol. The maximum Gasteiger partial charge on any atom is 0.243 e. The molecule has 3 rings (SSSR count). The lowest BCUT2D eigenvalue weighted by molar-refractivity contribution is 0.385. The predicted octanol–water partition coefficient (Wildman–Crippen LogP) is 3.58. The Morgan fingerprint density at radius 2 is 1.54 bits per heavy atom. The van der Waals surface area contributed by atoms with Gasteiger partial charge in [-0.1, -0.05) is 33.6 Å². The molecule has 0 saturated carbocycles. The third-order valence-electron chi connectivity index (χ3n) is 4.40. The van der Waals surface area contributed by atoms with Crippen LogP contribution in [0.15, 0.2) is 51.8 Å². The molecule has 1 aliphatic rings. The average molecular weight is 409 g/mol. The highest BCUT2D eigenvalue weighted by atomic mass is 79.9. The van der Waals surface area contributed by atoms with Gasteiger partial charge in [-0.2, -0.15) is 4.31 Å². The van der Waals surface area contributed by atoms with Crippen LogP contribution in [0.5, 0.6) is 0 Å². The van der Waals surface area contributed by atoms with Crippen molar-refractivity contribution in [3.63, 3.8) is 0 Å². The van der Waals surface area contributed by atoms with Gasteiger partial charge >= 0.3 is 0 Å². The molecule has 0 unspecified atom stereocenters. The summed E-state index contributed by atoms with van der Waals surface area (Å²) in [5.41, 5.74) is 3.30. The van der Waals surface area contributed by atoms with E-state index in [1.165, 1.54) is 5.56 Å². The number of sulfonamides is 1. The van der Waals surface area contributed by atoms with Crippen LogP contribution in [-0.4, -0.2) is 38.9 Å². The molecule has 0 aliphatic carbocycles. The Hall–Kier alpha value is -1.37. The maximum absolute atomic E-state index is 12.8. The minimum absolute atomic E-state index is 0.368. The van der Waals surface area contributed by atoms with E-state index in [4.69, 9.17) is 0 Å². The minimum atomic E-state index is -3.43. The second kappa shape index (κ2) is 6.86. The molecular weight excluding hydrogens is 388 g/mol. The zero-order valence-electron chi connectivity index (χ0n) is 13.9. The first-order chi connectivity index (χ1) is 11.4. The molecule has 0 spiro atoms. The van der Waals surface area contributed by atoms with Crippen LogP contribution in [0.3, 0.4) is 0 Å². The molecule has 24 heavy (non-hydrogen) atoms. The van der Waals surface area contributed by atoms with Crippen molar-refractivity contribution in [1.29, 1.82) is 0 Å². The van der Waals surface area contributed by atoms with Crippen molar-refractivity contribution >= 4 is 31.6 Å². The van der Waals surface area contributed by atoms with Gasteiger partial charge in [0, 0.05) is 36.3 Å². The molecule has 6 heteroatoms. The van der Waals surface area contributed by atoms with Crippen molar-refractivity contribution in [3.05, 3.63) is 58.1 Å². The van der Waals surface area contributed by atoms with Crippen LogP contribution in [0.25, 0.3) is 0 Å². The van der Waals surface area contributed by atoms with Crippen molar-refractivity contribution in [2.75, 3.05) is 31.1 Å². The summed E-state index contributed by atoms with van der Waals surface area (Å²) < 4.78 is 28.2. The van der Waals surface area contributed by atoms with Crippen LogP contribution in [0.2, 0.25) is 0 Å². The lowest BCUT2D eigenvalue weighted by Crippen LogP contribution is -2.48. The smallest absolute Gasteiger partial charge is 0.243 e. The zero-order chi connectivity index (χ0) is 17.3. The summed E-state index contributed by atoms with van der Waals surface area (Å²) >= 11 is 3.42. The second-order valence-electron chi connectivity index (χ2n) is 6.14. The minimum Gasteiger partial charge on any atom is -0.369 e. The fourth-order valence-electron chi connectivity index (χ4n) is 2.87. The molecule has 1 heterocycles. The number of aryl methyl sites for hydroxylation is 2. The van der Waals surface area contributed by atoms with Crippen LogP contribution < -0.4 is 4.90 Å². The summed E-state index contributed by atoms with van der Waals surface area (Å²) in [7, 11) is -3.43. The van der Waals surface area contributed by atoms with E-state index in [-0.39, 0.29) is 0 Å². The molecule has 0 bridgehead atoms. The fraction of sp³-hybridized carbons (Fsp3) is 0.333. The van der Waals surface area contributed by atoms with Gasteiger partial charge in [0.15, 0.2) is 0 Å². The number of benzene rings is 2. The zero-order valence-corrected chi connectivity index (χ0v) is 16.3. The number of hydrogen-bond donors (Lipinski definition) is 0. The number of rotatable bonds is 3. The van der Waals surface area contributed by atoms with Gasteiger partial charge in [-0.15, -0.1) is 0 Å². The number of nitrogens with zero attached hydrogens (tertiary/aromatic N) is 2.